The maximum atomic E-state index is 12.6. The Bertz CT molecular complexity index is 555. The van der Waals surface area contributed by atoms with E-state index in [2.05, 4.69) is 30.7 Å². The average molecular weight is 272 g/mol. The van der Waals surface area contributed by atoms with Crippen molar-refractivity contribution in [2.75, 3.05) is 19.7 Å². The number of amides is 1. The Balaban J connectivity index is 2.21. The molecule has 2 rings (SSSR count). The first-order valence-electron chi connectivity index (χ1n) is 6.86. The largest absolute Gasteiger partial charge is 0.395 e. The second-order valence-electron chi connectivity index (χ2n) is 5.84. The number of hydrogen-bond donors (Lipinski definition) is 1. The maximum absolute atomic E-state index is 12.6. The molecule has 1 saturated heterocycles. The van der Waals surface area contributed by atoms with E-state index in [1.807, 2.05) is 4.90 Å². The summed E-state index contributed by atoms with van der Waals surface area (Å²) >= 11 is 0. The first-order chi connectivity index (χ1) is 9.53. The van der Waals surface area contributed by atoms with Crippen LogP contribution in [0.1, 0.15) is 42.6 Å². The summed E-state index contributed by atoms with van der Waals surface area (Å²) in [5.74, 6) is 5.78. The van der Waals surface area contributed by atoms with Crippen LogP contribution in [-0.4, -0.2) is 40.6 Å². The second-order valence-corrected chi connectivity index (χ2v) is 5.84. The molecule has 1 aromatic heterocycles. The van der Waals surface area contributed by atoms with Crippen LogP contribution in [0.2, 0.25) is 0 Å². The smallest absolute Gasteiger partial charge is 0.255 e. The molecule has 4 heteroatoms. The van der Waals surface area contributed by atoms with Crippen LogP contribution >= 0.6 is 0 Å². The molecule has 1 N–H and O–H groups in total. The Kier molecular flexibility index (Phi) is 4.41. The molecule has 0 atom stereocenters. The van der Waals surface area contributed by atoms with Gasteiger partial charge in [0.05, 0.1) is 17.7 Å². The van der Waals surface area contributed by atoms with E-state index in [0.717, 1.165) is 19.5 Å². The zero-order chi connectivity index (χ0) is 14.6. The number of nitrogens with zero attached hydrogens (tertiary/aromatic N) is 2. The normalized spacial score (nSPS) is 16.6. The number of carbonyl (C=O) groups excluding carboxylic acids is 1. The third kappa shape index (κ3) is 3.37. The van der Waals surface area contributed by atoms with E-state index >= 15 is 0 Å². The van der Waals surface area contributed by atoms with Crippen molar-refractivity contribution in [3.63, 3.8) is 0 Å². The number of carbonyl (C=O) groups is 1. The molecule has 1 amide bonds. The highest BCUT2D eigenvalue weighted by molar-refractivity contribution is 5.96. The molecule has 0 aliphatic carbocycles. The molecule has 0 spiro atoms. The third-order valence-electron chi connectivity index (χ3n) is 3.48. The van der Waals surface area contributed by atoms with Gasteiger partial charge < -0.3 is 10.0 Å². The minimum atomic E-state index is 0.0197. The van der Waals surface area contributed by atoms with Crippen molar-refractivity contribution >= 4 is 5.91 Å². The van der Waals surface area contributed by atoms with Gasteiger partial charge in [0.15, 0.2) is 0 Å². The lowest BCUT2D eigenvalue weighted by molar-refractivity contribution is 0.0778. The quantitative estimate of drug-likeness (QED) is 0.834. The van der Waals surface area contributed by atoms with Gasteiger partial charge in [-0.15, -0.1) is 0 Å². The molecule has 4 nitrogen and oxygen atoms in total. The molecule has 1 aromatic rings. The van der Waals surface area contributed by atoms with Crippen molar-refractivity contribution in [3.05, 3.63) is 29.6 Å². The summed E-state index contributed by atoms with van der Waals surface area (Å²) in [7, 11) is 0. The maximum Gasteiger partial charge on any atom is 0.255 e. The Morgan fingerprint density at radius 2 is 2.35 bits per heavy atom. The van der Waals surface area contributed by atoms with Crippen LogP contribution < -0.4 is 0 Å². The molecule has 20 heavy (non-hydrogen) atoms. The van der Waals surface area contributed by atoms with Gasteiger partial charge in [-0.05, 0) is 17.9 Å². The first-order valence-corrected chi connectivity index (χ1v) is 6.86. The van der Waals surface area contributed by atoms with Crippen LogP contribution in [0.15, 0.2) is 18.5 Å². The Labute approximate surface area is 119 Å². The molecule has 0 aromatic carbocycles. The molecule has 0 radical (unpaired) electrons. The SMILES string of the molecule is CC1(C)CCN(C(=O)c2ccncc2C#CCCO)C1. The van der Waals surface area contributed by atoms with E-state index in [1.54, 1.807) is 18.5 Å². The van der Waals surface area contributed by atoms with Gasteiger partial charge in [0, 0.05) is 31.9 Å². The van der Waals surface area contributed by atoms with Gasteiger partial charge in [-0.1, -0.05) is 25.7 Å². The van der Waals surface area contributed by atoms with Crippen molar-refractivity contribution in [2.24, 2.45) is 5.41 Å². The van der Waals surface area contributed by atoms with Crippen LogP contribution in [0.3, 0.4) is 0 Å². The van der Waals surface area contributed by atoms with E-state index < -0.39 is 0 Å². The monoisotopic (exact) mass is 272 g/mol. The summed E-state index contributed by atoms with van der Waals surface area (Å²) in [5, 5.41) is 8.76. The Hall–Kier alpha value is -1.86. The molecule has 1 aliphatic rings. The molecule has 1 aliphatic heterocycles. The lowest BCUT2D eigenvalue weighted by atomic mass is 9.93. The van der Waals surface area contributed by atoms with Crippen LogP contribution in [0.5, 0.6) is 0 Å². The highest BCUT2D eigenvalue weighted by Crippen LogP contribution is 2.29. The zero-order valence-corrected chi connectivity index (χ0v) is 12.0. The summed E-state index contributed by atoms with van der Waals surface area (Å²) in [6, 6.07) is 1.72. The van der Waals surface area contributed by atoms with E-state index in [4.69, 9.17) is 5.11 Å². The summed E-state index contributed by atoms with van der Waals surface area (Å²) < 4.78 is 0. The molecular weight excluding hydrogens is 252 g/mol. The van der Waals surface area contributed by atoms with Crippen LogP contribution in [0.4, 0.5) is 0 Å². The van der Waals surface area contributed by atoms with Gasteiger partial charge in [-0.2, -0.15) is 0 Å². The molecule has 2 heterocycles. The number of aliphatic hydroxyl groups is 1. The number of aliphatic hydroxyl groups excluding tert-OH is 1. The number of hydrogen-bond acceptors (Lipinski definition) is 3. The Morgan fingerprint density at radius 3 is 3.00 bits per heavy atom. The van der Waals surface area contributed by atoms with Gasteiger partial charge in [-0.25, -0.2) is 0 Å². The minimum Gasteiger partial charge on any atom is -0.395 e. The van der Waals surface area contributed by atoms with Crippen molar-refractivity contribution in [3.8, 4) is 11.8 Å². The number of aromatic nitrogens is 1. The number of rotatable bonds is 2. The molecule has 0 saturated carbocycles. The van der Waals surface area contributed by atoms with Gasteiger partial charge in [0.1, 0.15) is 0 Å². The zero-order valence-electron chi connectivity index (χ0n) is 12.0. The van der Waals surface area contributed by atoms with Gasteiger partial charge in [0.25, 0.3) is 5.91 Å². The highest BCUT2D eigenvalue weighted by atomic mass is 16.2. The van der Waals surface area contributed by atoms with Gasteiger partial charge in [-0.3, -0.25) is 9.78 Å². The molecular formula is C16H20N2O2. The topological polar surface area (TPSA) is 53.4 Å². The van der Waals surface area contributed by atoms with E-state index in [1.165, 1.54) is 0 Å². The standard InChI is InChI=1S/C16H20N2O2/c1-16(2)7-9-18(12-16)15(20)14-6-8-17-11-13(14)5-3-4-10-19/h6,8,11,19H,4,7,9-10,12H2,1-2H3. The summed E-state index contributed by atoms with van der Waals surface area (Å²) in [6.45, 7) is 5.94. The van der Waals surface area contributed by atoms with E-state index in [9.17, 15) is 4.79 Å². The van der Waals surface area contributed by atoms with Crippen molar-refractivity contribution in [1.82, 2.24) is 9.88 Å². The van der Waals surface area contributed by atoms with E-state index in [-0.39, 0.29) is 17.9 Å². The van der Waals surface area contributed by atoms with E-state index in [0.29, 0.717) is 17.5 Å². The predicted octanol–water partition coefficient (Wildman–Crippen LogP) is 1.69. The van der Waals surface area contributed by atoms with Crippen molar-refractivity contribution < 1.29 is 9.90 Å². The van der Waals surface area contributed by atoms with Gasteiger partial charge in [0.2, 0.25) is 0 Å². The van der Waals surface area contributed by atoms with Crippen molar-refractivity contribution in [1.29, 1.82) is 0 Å². The summed E-state index contributed by atoms with van der Waals surface area (Å²) in [4.78, 5) is 18.5. The highest BCUT2D eigenvalue weighted by Gasteiger charge is 2.32. The molecule has 0 unspecified atom stereocenters. The Morgan fingerprint density at radius 1 is 1.55 bits per heavy atom. The molecule has 1 fully saturated rings. The fraction of sp³-hybridized carbons (Fsp3) is 0.500. The summed E-state index contributed by atoms with van der Waals surface area (Å²) in [5.41, 5.74) is 1.42. The lowest BCUT2D eigenvalue weighted by Gasteiger charge is -2.20. The van der Waals surface area contributed by atoms with Crippen LogP contribution in [0, 0.1) is 17.3 Å². The van der Waals surface area contributed by atoms with Crippen LogP contribution in [0.25, 0.3) is 0 Å². The third-order valence-corrected chi connectivity index (χ3v) is 3.48. The lowest BCUT2D eigenvalue weighted by Crippen LogP contribution is -2.30. The predicted molar refractivity (Wildman–Crippen MR) is 77.1 cm³/mol. The number of pyridine rings is 1. The second kappa shape index (κ2) is 6.06. The molecule has 106 valence electrons. The number of likely N-dealkylation sites (tertiary alicyclic amines) is 1. The summed E-state index contributed by atoms with van der Waals surface area (Å²) in [6.07, 6.45) is 4.65. The van der Waals surface area contributed by atoms with Crippen molar-refractivity contribution in [2.45, 2.75) is 26.7 Å². The van der Waals surface area contributed by atoms with Crippen LogP contribution in [-0.2, 0) is 0 Å². The minimum absolute atomic E-state index is 0.0197. The first kappa shape index (κ1) is 14.5. The molecule has 0 bridgehead atoms. The van der Waals surface area contributed by atoms with Gasteiger partial charge >= 0.3 is 0 Å². The fourth-order valence-electron chi connectivity index (χ4n) is 2.35. The fourth-order valence-corrected chi connectivity index (χ4v) is 2.35. The average Bonchev–Trinajstić information content (AvgIpc) is 2.79.